The molecule has 0 unspecified atom stereocenters. The largest absolute Gasteiger partial charge is 0.427 e. The van der Waals surface area contributed by atoms with Crippen LogP contribution in [-0.4, -0.2) is 13.4 Å². The van der Waals surface area contributed by atoms with Gasteiger partial charge in [-0.1, -0.05) is 6.07 Å². The molecule has 0 aliphatic heterocycles. The van der Waals surface area contributed by atoms with Crippen LogP contribution in [0.2, 0.25) is 0 Å². The summed E-state index contributed by atoms with van der Waals surface area (Å²) >= 11 is 1.14. The van der Waals surface area contributed by atoms with Crippen LogP contribution in [-0.2, 0) is 10.0 Å². The number of nitrogens with one attached hydrogen (secondary N) is 1. The summed E-state index contributed by atoms with van der Waals surface area (Å²) < 4.78 is 30.4. The smallest absolute Gasteiger partial charge is 0.273 e. The highest BCUT2D eigenvalue weighted by atomic mass is 32.2. The Morgan fingerprint density at radius 3 is 2.93 bits per heavy atom. The van der Waals surface area contributed by atoms with Crippen LogP contribution in [0.5, 0.6) is 0 Å². The molecule has 0 spiro atoms. The van der Waals surface area contributed by atoms with E-state index in [1.165, 1.54) is 12.3 Å². The molecule has 0 bridgehead atoms. The molecular weight excluding hydrogens is 224 g/mol. The topological polar surface area (TPSA) is 72.2 Å². The number of anilines is 1. The van der Waals surface area contributed by atoms with Crippen molar-refractivity contribution in [3.8, 4) is 0 Å². The number of nitrogens with zero attached hydrogens (tertiary/aromatic N) is 1. The highest BCUT2D eigenvalue weighted by molar-refractivity contribution is 7.94. The SMILES string of the molecule is O=S(=O)(Nc1cnco1)c1cccs1. The fourth-order valence-electron chi connectivity index (χ4n) is 0.865. The first-order valence-corrected chi connectivity index (χ1v) is 5.99. The highest BCUT2D eigenvalue weighted by Crippen LogP contribution is 2.19. The number of hydrogen-bond donors (Lipinski definition) is 1. The Morgan fingerprint density at radius 1 is 1.50 bits per heavy atom. The second-order valence-corrected chi connectivity index (χ2v) is 5.26. The van der Waals surface area contributed by atoms with Gasteiger partial charge in [0.15, 0.2) is 6.39 Å². The third kappa shape index (κ3) is 1.78. The summed E-state index contributed by atoms with van der Waals surface area (Å²) in [5.41, 5.74) is 0. The molecule has 1 N–H and O–H groups in total. The van der Waals surface area contributed by atoms with Crippen molar-refractivity contribution in [2.45, 2.75) is 4.21 Å². The second kappa shape index (κ2) is 3.43. The summed E-state index contributed by atoms with van der Waals surface area (Å²) in [6, 6.07) is 3.18. The third-order valence-corrected chi connectivity index (χ3v) is 4.17. The van der Waals surface area contributed by atoms with E-state index in [1.807, 2.05) is 0 Å². The van der Waals surface area contributed by atoms with Gasteiger partial charge in [-0.3, -0.25) is 0 Å². The van der Waals surface area contributed by atoms with Crippen molar-refractivity contribution in [1.29, 1.82) is 0 Å². The van der Waals surface area contributed by atoms with E-state index in [0.29, 0.717) is 0 Å². The summed E-state index contributed by atoms with van der Waals surface area (Å²) in [4.78, 5) is 3.60. The van der Waals surface area contributed by atoms with Crippen molar-refractivity contribution in [3.05, 3.63) is 30.1 Å². The lowest BCUT2D eigenvalue weighted by molar-refractivity contribution is 0.569. The molecule has 0 amide bonds. The van der Waals surface area contributed by atoms with Crippen LogP contribution in [0.3, 0.4) is 0 Å². The normalized spacial score (nSPS) is 11.4. The van der Waals surface area contributed by atoms with E-state index >= 15 is 0 Å². The molecule has 14 heavy (non-hydrogen) atoms. The second-order valence-electron chi connectivity index (χ2n) is 2.40. The number of thiophene rings is 1. The molecule has 0 aliphatic carbocycles. The maximum atomic E-state index is 11.6. The van der Waals surface area contributed by atoms with Crippen LogP contribution in [0, 0.1) is 0 Å². The molecule has 0 radical (unpaired) electrons. The van der Waals surface area contributed by atoms with Crippen molar-refractivity contribution < 1.29 is 12.8 Å². The molecule has 5 nitrogen and oxygen atoms in total. The van der Waals surface area contributed by atoms with E-state index in [4.69, 9.17) is 4.42 Å². The van der Waals surface area contributed by atoms with Crippen LogP contribution < -0.4 is 4.72 Å². The number of oxazole rings is 1. The lowest BCUT2D eigenvalue weighted by atomic mass is 10.7. The molecule has 0 fully saturated rings. The Balaban J connectivity index is 2.27. The third-order valence-electron chi connectivity index (χ3n) is 1.43. The highest BCUT2D eigenvalue weighted by Gasteiger charge is 2.16. The van der Waals surface area contributed by atoms with Gasteiger partial charge in [-0.25, -0.2) is 18.1 Å². The fourth-order valence-corrected chi connectivity index (χ4v) is 2.84. The Bertz CT molecular complexity index is 487. The minimum absolute atomic E-state index is 0.110. The summed E-state index contributed by atoms with van der Waals surface area (Å²) in [7, 11) is -3.51. The van der Waals surface area contributed by atoms with Gasteiger partial charge in [-0.05, 0) is 11.4 Å². The van der Waals surface area contributed by atoms with Crippen LogP contribution in [0.4, 0.5) is 5.88 Å². The van der Waals surface area contributed by atoms with E-state index < -0.39 is 10.0 Å². The molecule has 7 heteroatoms. The van der Waals surface area contributed by atoms with Gasteiger partial charge in [-0.2, -0.15) is 0 Å². The van der Waals surface area contributed by atoms with Crippen molar-refractivity contribution >= 4 is 27.2 Å². The van der Waals surface area contributed by atoms with Gasteiger partial charge in [0.2, 0.25) is 5.88 Å². The number of sulfonamides is 1. The first-order valence-electron chi connectivity index (χ1n) is 3.63. The number of aromatic nitrogens is 1. The van der Waals surface area contributed by atoms with Gasteiger partial charge in [0.1, 0.15) is 4.21 Å². The summed E-state index contributed by atoms with van der Waals surface area (Å²) in [6.45, 7) is 0. The molecule has 2 aromatic heterocycles. The van der Waals surface area contributed by atoms with E-state index in [2.05, 4.69) is 9.71 Å². The van der Waals surface area contributed by atoms with Gasteiger partial charge in [0.25, 0.3) is 10.0 Å². The van der Waals surface area contributed by atoms with Crippen molar-refractivity contribution in [2.24, 2.45) is 0 Å². The molecule has 2 aromatic rings. The van der Waals surface area contributed by atoms with Gasteiger partial charge in [0.05, 0.1) is 6.20 Å². The molecule has 0 aliphatic rings. The average molecular weight is 230 g/mol. The molecule has 0 saturated carbocycles. The van der Waals surface area contributed by atoms with Crippen LogP contribution in [0.15, 0.2) is 38.7 Å². The Hall–Kier alpha value is -1.34. The Labute approximate surface area is 84.5 Å². The molecule has 0 aromatic carbocycles. The first kappa shape index (κ1) is 9.22. The zero-order valence-corrected chi connectivity index (χ0v) is 8.51. The van der Waals surface area contributed by atoms with E-state index in [9.17, 15) is 8.42 Å². The zero-order valence-electron chi connectivity index (χ0n) is 6.88. The fraction of sp³-hybridized carbons (Fsp3) is 0. The predicted molar refractivity (Wildman–Crippen MR) is 51.6 cm³/mol. The maximum absolute atomic E-state index is 11.6. The summed E-state index contributed by atoms with van der Waals surface area (Å²) in [6.07, 6.45) is 2.46. The lowest BCUT2D eigenvalue weighted by Crippen LogP contribution is -2.10. The number of rotatable bonds is 3. The summed E-state index contributed by atoms with van der Waals surface area (Å²) in [5.74, 6) is 0.110. The molecule has 0 atom stereocenters. The number of hydrogen-bond acceptors (Lipinski definition) is 5. The maximum Gasteiger partial charge on any atom is 0.273 e. The van der Waals surface area contributed by atoms with Crippen LogP contribution >= 0.6 is 11.3 Å². The van der Waals surface area contributed by atoms with E-state index in [1.54, 1.807) is 11.4 Å². The molecular formula is C7H6N2O3S2. The quantitative estimate of drug-likeness (QED) is 0.868. The lowest BCUT2D eigenvalue weighted by Gasteiger charge is -2.00. The minimum atomic E-state index is -3.51. The van der Waals surface area contributed by atoms with Gasteiger partial charge >= 0.3 is 0 Å². The van der Waals surface area contributed by atoms with Gasteiger partial charge < -0.3 is 4.42 Å². The standard InChI is InChI=1S/C7H6N2O3S2/c10-14(11,7-2-1-3-13-7)9-6-4-8-5-12-6/h1-5,9H. The Morgan fingerprint density at radius 2 is 2.36 bits per heavy atom. The average Bonchev–Trinajstić information content (AvgIpc) is 2.71. The van der Waals surface area contributed by atoms with E-state index in [-0.39, 0.29) is 10.1 Å². The molecule has 2 heterocycles. The molecule has 74 valence electrons. The van der Waals surface area contributed by atoms with Gasteiger partial charge in [0, 0.05) is 0 Å². The van der Waals surface area contributed by atoms with Crippen LogP contribution in [0.25, 0.3) is 0 Å². The molecule has 0 saturated heterocycles. The van der Waals surface area contributed by atoms with Gasteiger partial charge in [-0.15, -0.1) is 11.3 Å². The molecule has 2 rings (SSSR count). The van der Waals surface area contributed by atoms with Crippen molar-refractivity contribution in [2.75, 3.05) is 4.72 Å². The summed E-state index contributed by atoms with van der Waals surface area (Å²) in [5, 5.41) is 1.69. The van der Waals surface area contributed by atoms with Crippen molar-refractivity contribution in [3.63, 3.8) is 0 Å². The van der Waals surface area contributed by atoms with E-state index in [0.717, 1.165) is 17.7 Å². The minimum Gasteiger partial charge on any atom is -0.427 e. The first-order chi connectivity index (χ1) is 6.68. The van der Waals surface area contributed by atoms with Crippen molar-refractivity contribution in [1.82, 2.24) is 4.98 Å². The zero-order chi connectivity index (χ0) is 10.0. The predicted octanol–water partition coefficient (Wildman–Crippen LogP) is 1.54. The Kier molecular flexibility index (Phi) is 2.26. The van der Waals surface area contributed by atoms with Crippen LogP contribution in [0.1, 0.15) is 0 Å². The monoisotopic (exact) mass is 230 g/mol.